The number of carboxylic acid groups (broad SMARTS) is 2. The molecule has 0 aliphatic heterocycles. The van der Waals surface area contributed by atoms with Crippen LogP contribution in [0.15, 0.2) is 0 Å². The third-order valence-electron chi connectivity index (χ3n) is 0.794. The Bertz CT molecular complexity index is 139. The zero-order valence-electron chi connectivity index (χ0n) is 5.02. The van der Waals surface area contributed by atoms with Crippen molar-refractivity contribution in [2.24, 2.45) is 0 Å². The quantitative estimate of drug-likeness (QED) is 0.452. The van der Waals surface area contributed by atoms with Gasteiger partial charge >= 0.3 is 28.3 Å². The predicted octanol–water partition coefficient (Wildman–Crippen LogP) is -3.46. The minimum atomic E-state index is -2.38. The van der Waals surface area contributed by atoms with Gasteiger partial charge in [0.2, 0.25) is 0 Å². The molecule has 7 heteroatoms. The van der Waals surface area contributed by atoms with Crippen molar-refractivity contribution in [2.75, 3.05) is 0 Å². The first-order valence-electron chi connectivity index (χ1n) is 2.26. The first-order chi connectivity index (χ1) is 4.46. The van der Waals surface area contributed by atoms with Gasteiger partial charge in [0.25, 0.3) is 0 Å². The summed E-state index contributed by atoms with van der Waals surface area (Å²) in [5.74, 6) is -3.83. The summed E-state index contributed by atoms with van der Waals surface area (Å²) in [6, 6.07) is 0. The Labute approximate surface area is 77.0 Å². The largest absolute Gasteiger partial charge is 1.00 e. The van der Waals surface area contributed by atoms with Crippen molar-refractivity contribution >= 4 is 11.9 Å². The van der Waals surface area contributed by atoms with Crippen molar-refractivity contribution in [3.8, 4) is 0 Å². The summed E-state index contributed by atoms with van der Waals surface area (Å²) in [4.78, 5) is 19.4. The monoisotopic (exact) mass is 256 g/mol. The smallest absolute Gasteiger partial charge is 0.547 e. The van der Waals surface area contributed by atoms with E-state index in [1.165, 1.54) is 0 Å². The maximum Gasteiger partial charge on any atom is 1.00 e. The second-order valence-electron chi connectivity index (χ2n) is 1.55. The van der Waals surface area contributed by atoms with Crippen LogP contribution < -0.4 is 5.11 Å². The van der Waals surface area contributed by atoms with Gasteiger partial charge in [0, 0.05) is 0 Å². The molecule has 0 aromatic rings. The molecule has 0 fully saturated rings. The van der Waals surface area contributed by atoms with Gasteiger partial charge in [0.05, 0.1) is 5.97 Å². The molecule has 0 aromatic heterocycles. The molecule has 0 bridgehead atoms. The molecule has 0 unspecified atom stereocenters. The summed E-state index contributed by atoms with van der Waals surface area (Å²) >= 11 is 0. The van der Waals surface area contributed by atoms with Crippen molar-refractivity contribution < 1.29 is 52.4 Å². The Morgan fingerprint density at radius 1 is 1.18 bits per heavy atom. The summed E-state index contributed by atoms with van der Waals surface area (Å²) in [6.45, 7) is 0. The van der Waals surface area contributed by atoms with Crippen LogP contribution in [0.2, 0.25) is 0 Å². The summed E-state index contributed by atoms with van der Waals surface area (Å²) < 4.78 is 0. The molecule has 0 spiro atoms. The number of aliphatic hydroxyl groups is 2. The van der Waals surface area contributed by atoms with Gasteiger partial charge in [0.15, 0.2) is 6.10 Å². The molecule has 0 heterocycles. The molecule has 11 heavy (non-hydrogen) atoms. The van der Waals surface area contributed by atoms with E-state index in [4.69, 9.17) is 15.3 Å². The molecule has 0 aromatic carbocycles. The summed E-state index contributed by atoms with van der Waals surface area (Å²) in [7, 11) is 0. The molecule has 3 N–H and O–H groups in total. The molecule has 0 saturated heterocycles. The van der Waals surface area contributed by atoms with Crippen LogP contribution in [0.5, 0.6) is 0 Å². The summed E-state index contributed by atoms with van der Waals surface area (Å²) in [5, 5.41) is 34.1. The van der Waals surface area contributed by atoms with Crippen LogP contribution in [0.25, 0.3) is 0 Å². The van der Waals surface area contributed by atoms with Crippen LogP contribution in [0.1, 0.15) is 0 Å². The maximum atomic E-state index is 9.74. The first-order valence-corrected chi connectivity index (χ1v) is 2.26. The Balaban J connectivity index is 0. The number of hydrogen-bond acceptors (Lipinski definition) is 5. The van der Waals surface area contributed by atoms with Crippen LogP contribution in [0.4, 0.5) is 0 Å². The number of carboxylic acids is 2. The third kappa shape index (κ3) is 4.12. The predicted molar refractivity (Wildman–Crippen MR) is 24.7 cm³/mol. The zero-order chi connectivity index (χ0) is 8.31. The van der Waals surface area contributed by atoms with Gasteiger partial charge in [-0.1, -0.05) is 0 Å². The Hall–Kier alpha value is -0.400. The topological polar surface area (TPSA) is 118 Å². The first kappa shape index (κ1) is 13.2. The summed E-state index contributed by atoms with van der Waals surface area (Å²) in [6.07, 6.45) is -4.71. The molecule has 0 aliphatic carbocycles. The van der Waals surface area contributed by atoms with Gasteiger partial charge in [-0.25, -0.2) is 4.79 Å². The summed E-state index contributed by atoms with van der Waals surface area (Å²) in [5.41, 5.74) is 0. The number of rotatable bonds is 3. The molecule has 0 amide bonds. The average Bonchev–Trinajstić information content (AvgIpc) is 1.84. The van der Waals surface area contributed by atoms with Crippen molar-refractivity contribution in [2.45, 2.75) is 12.2 Å². The van der Waals surface area contributed by atoms with Gasteiger partial charge in [-0.2, -0.15) is 0 Å². The number of aliphatic carboxylic acids is 2. The van der Waals surface area contributed by atoms with Gasteiger partial charge in [-0.15, -0.1) is 0 Å². The van der Waals surface area contributed by atoms with E-state index in [0.29, 0.717) is 0 Å². The minimum Gasteiger partial charge on any atom is -0.547 e. The van der Waals surface area contributed by atoms with Gasteiger partial charge < -0.3 is 25.2 Å². The van der Waals surface area contributed by atoms with Crippen molar-refractivity contribution in [3.63, 3.8) is 0 Å². The second kappa shape index (κ2) is 5.28. The Morgan fingerprint density at radius 3 is 1.64 bits per heavy atom. The van der Waals surface area contributed by atoms with E-state index in [1.807, 2.05) is 0 Å². The SMILES string of the molecule is O=C([O-])[C@H](O)[C@@H](O)C(=O)O.[Ag+]. The van der Waals surface area contributed by atoms with Crippen LogP contribution in [0, 0.1) is 0 Å². The molecule has 0 saturated carbocycles. The molecular weight excluding hydrogens is 252 g/mol. The van der Waals surface area contributed by atoms with E-state index in [0.717, 1.165) is 0 Å². The van der Waals surface area contributed by atoms with Gasteiger partial charge in [-0.3, -0.25) is 0 Å². The molecular formula is C4H5AgO6. The van der Waals surface area contributed by atoms with Crippen LogP contribution >= 0.6 is 0 Å². The van der Waals surface area contributed by atoms with E-state index in [2.05, 4.69) is 0 Å². The van der Waals surface area contributed by atoms with Crippen molar-refractivity contribution in [3.05, 3.63) is 0 Å². The number of aliphatic hydroxyl groups excluding tert-OH is 2. The third-order valence-corrected chi connectivity index (χ3v) is 0.794. The van der Waals surface area contributed by atoms with Crippen LogP contribution in [-0.4, -0.2) is 39.5 Å². The van der Waals surface area contributed by atoms with Crippen LogP contribution in [-0.2, 0) is 32.0 Å². The molecule has 0 aliphatic rings. The standard InChI is InChI=1S/C4H6O6.Ag/c5-1(3(7)8)2(6)4(9)10;/h1-2,5-6H,(H,7,8)(H,9,10);/q;+1/p-1/t1-,2-;/m1./s1. The fourth-order valence-corrected chi connectivity index (χ4v) is 0.264. The minimum absolute atomic E-state index is 0. The normalized spacial score (nSPS) is 14.4. The van der Waals surface area contributed by atoms with E-state index >= 15 is 0 Å². The Morgan fingerprint density at radius 2 is 1.55 bits per heavy atom. The van der Waals surface area contributed by atoms with E-state index in [-0.39, 0.29) is 22.4 Å². The Kier molecular flexibility index (Phi) is 6.34. The van der Waals surface area contributed by atoms with Crippen molar-refractivity contribution in [1.29, 1.82) is 0 Å². The molecule has 0 rings (SSSR count). The van der Waals surface area contributed by atoms with Gasteiger partial charge in [0.1, 0.15) is 6.10 Å². The maximum absolute atomic E-state index is 9.74. The second-order valence-corrected chi connectivity index (χ2v) is 1.55. The van der Waals surface area contributed by atoms with Crippen LogP contribution in [0.3, 0.4) is 0 Å². The van der Waals surface area contributed by atoms with Gasteiger partial charge in [-0.05, 0) is 0 Å². The zero-order valence-corrected chi connectivity index (χ0v) is 6.50. The molecule has 2 atom stereocenters. The number of carbonyl (C=O) groups is 2. The fraction of sp³-hybridized carbons (Fsp3) is 0.500. The fourth-order valence-electron chi connectivity index (χ4n) is 0.264. The average molecular weight is 257 g/mol. The van der Waals surface area contributed by atoms with E-state index in [9.17, 15) is 14.7 Å². The van der Waals surface area contributed by atoms with E-state index in [1.54, 1.807) is 0 Å². The number of hydrogen-bond donors (Lipinski definition) is 3. The molecule has 0 radical (unpaired) electrons. The van der Waals surface area contributed by atoms with E-state index < -0.39 is 24.1 Å². The number of carbonyl (C=O) groups excluding carboxylic acids is 1. The molecule has 6 nitrogen and oxygen atoms in total. The van der Waals surface area contributed by atoms with Crippen molar-refractivity contribution in [1.82, 2.24) is 0 Å². The molecule has 68 valence electrons.